The van der Waals surface area contributed by atoms with E-state index in [0.29, 0.717) is 6.04 Å². The highest BCUT2D eigenvalue weighted by Crippen LogP contribution is 2.18. The Morgan fingerprint density at radius 2 is 1.55 bits per heavy atom. The van der Waals surface area contributed by atoms with Gasteiger partial charge in [-0.15, -0.1) is 0 Å². The van der Waals surface area contributed by atoms with Crippen molar-refractivity contribution in [3.05, 3.63) is 0 Å². The summed E-state index contributed by atoms with van der Waals surface area (Å²) < 4.78 is 0. The minimum atomic E-state index is -0.516. The molecule has 0 aromatic carbocycles. The van der Waals surface area contributed by atoms with E-state index in [2.05, 4.69) is 12.2 Å². The lowest BCUT2D eigenvalue weighted by atomic mass is 9.93. The molecule has 4 nitrogen and oxygen atoms in total. The average molecular weight is 315 g/mol. The fourth-order valence-corrected chi connectivity index (χ4v) is 3.34. The molecule has 4 unspecified atom stereocenters. The Morgan fingerprint density at radius 1 is 0.955 bits per heavy atom. The number of hydrogen-bond donors (Lipinski definition) is 4. The predicted molar refractivity (Wildman–Crippen MR) is 90.9 cm³/mol. The van der Waals surface area contributed by atoms with Crippen LogP contribution in [0.5, 0.6) is 0 Å². The van der Waals surface area contributed by atoms with Gasteiger partial charge in [0.15, 0.2) is 0 Å². The molecule has 1 fully saturated rings. The Hall–Kier alpha value is -0.160. The molecule has 1 aliphatic heterocycles. The van der Waals surface area contributed by atoms with Gasteiger partial charge in [-0.1, -0.05) is 51.4 Å². The van der Waals surface area contributed by atoms with Crippen molar-refractivity contribution in [3.63, 3.8) is 0 Å². The van der Waals surface area contributed by atoms with Crippen LogP contribution < -0.4 is 5.32 Å². The topological polar surface area (TPSA) is 72.7 Å². The van der Waals surface area contributed by atoms with Gasteiger partial charge in [0, 0.05) is 12.1 Å². The third-order valence-electron chi connectivity index (χ3n) is 4.94. The van der Waals surface area contributed by atoms with E-state index in [1.807, 2.05) is 0 Å². The maximum absolute atomic E-state index is 9.68. The van der Waals surface area contributed by atoms with Crippen molar-refractivity contribution in [1.29, 1.82) is 0 Å². The zero-order valence-corrected chi connectivity index (χ0v) is 14.3. The molecule has 0 amide bonds. The molecule has 1 saturated heterocycles. The lowest BCUT2D eigenvalue weighted by Crippen LogP contribution is -2.48. The van der Waals surface area contributed by atoms with Gasteiger partial charge in [-0.05, 0) is 32.6 Å². The molecule has 1 heterocycles. The Morgan fingerprint density at radius 3 is 2.14 bits per heavy atom. The number of aliphatic hydroxyl groups excluding tert-OH is 3. The summed E-state index contributed by atoms with van der Waals surface area (Å²) in [5.74, 6) is 0. The van der Waals surface area contributed by atoms with Crippen molar-refractivity contribution in [1.82, 2.24) is 5.32 Å². The molecule has 0 bridgehead atoms. The molecule has 4 heteroatoms. The standard InChI is InChI=1S/C18H37NO3/c1-15-18(22)13-12-16(19-15)10-8-6-4-2-3-5-7-9-11-17(21)14-20/h15-22H,2-14H2,1H3. The minimum Gasteiger partial charge on any atom is -0.394 e. The van der Waals surface area contributed by atoms with E-state index >= 15 is 0 Å². The molecule has 1 aliphatic rings. The molecular formula is C18H37NO3. The van der Waals surface area contributed by atoms with Gasteiger partial charge in [0.1, 0.15) is 0 Å². The summed E-state index contributed by atoms with van der Waals surface area (Å²) >= 11 is 0. The number of piperidine rings is 1. The second-order valence-corrected chi connectivity index (χ2v) is 7.04. The van der Waals surface area contributed by atoms with Crippen LogP contribution in [-0.4, -0.2) is 46.2 Å². The van der Waals surface area contributed by atoms with Gasteiger partial charge in [-0.3, -0.25) is 0 Å². The van der Waals surface area contributed by atoms with E-state index in [9.17, 15) is 10.2 Å². The predicted octanol–water partition coefficient (Wildman–Crippen LogP) is 2.74. The molecule has 0 aromatic heterocycles. The van der Waals surface area contributed by atoms with Crippen LogP contribution in [-0.2, 0) is 0 Å². The van der Waals surface area contributed by atoms with E-state index < -0.39 is 6.10 Å². The van der Waals surface area contributed by atoms with Crippen LogP contribution in [0, 0.1) is 0 Å². The van der Waals surface area contributed by atoms with Crippen LogP contribution >= 0.6 is 0 Å². The molecule has 4 N–H and O–H groups in total. The quantitative estimate of drug-likeness (QED) is 0.418. The van der Waals surface area contributed by atoms with Crippen LogP contribution in [0.3, 0.4) is 0 Å². The molecule has 4 atom stereocenters. The SMILES string of the molecule is CC1NC(CCCCCCCCCCC(O)CO)CCC1O. The third-order valence-corrected chi connectivity index (χ3v) is 4.94. The van der Waals surface area contributed by atoms with Crippen molar-refractivity contribution in [2.45, 2.75) is 108 Å². The first-order valence-corrected chi connectivity index (χ1v) is 9.36. The second kappa shape index (κ2) is 12.3. The summed E-state index contributed by atoms with van der Waals surface area (Å²) in [4.78, 5) is 0. The van der Waals surface area contributed by atoms with Crippen LogP contribution in [0.1, 0.15) is 84.0 Å². The third kappa shape index (κ3) is 9.09. The van der Waals surface area contributed by atoms with E-state index in [0.717, 1.165) is 25.7 Å². The van der Waals surface area contributed by atoms with Crippen molar-refractivity contribution in [3.8, 4) is 0 Å². The van der Waals surface area contributed by atoms with Crippen LogP contribution in [0.4, 0.5) is 0 Å². The van der Waals surface area contributed by atoms with Gasteiger partial charge in [0.25, 0.3) is 0 Å². The molecular weight excluding hydrogens is 278 g/mol. The van der Waals surface area contributed by atoms with Crippen LogP contribution in [0.25, 0.3) is 0 Å². The Kier molecular flexibility index (Phi) is 11.1. The largest absolute Gasteiger partial charge is 0.394 e. The summed E-state index contributed by atoms with van der Waals surface area (Å²) in [5, 5.41) is 31.1. The Balaban J connectivity index is 1.82. The highest BCUT2D eigenvalue weighted by Gasteiger charge is 2.24. The van der Waals surface area contributed by atoms with Gasteiger partial charge < -0.3 is 20.6 Å². The highest BCUT2D eigenvalue weighted by molar-refractivity contribution is 4.83. The fraction of sp³-hybridized carbons (Fsp3) is 1.00. The molecule has 0 spiro atoms. The van der Waals surface area contributed by atoms with Gasteiger partial charge in [-0.2, -0.15) is 0 Å². The van der Waals surface area contributed by atoms with Gasteiger partial charge >= 0.3 is 0 Å². The van der Waals surface area contributed by atoms with Gasteiger partial charge in [0.05, 0.1) is 18.8 Å². The Bertz CT molecular complexity index is 263. The normalized spacial score (nSPS) is 27.0. The first-order valence-electron chi connectivity index (χ1n) is 9.36. The minimum absolute atomic E-state index is 0.104. The number of nitrogens with one attached hydrogen (secondary N) is 1. The molecule has 132 valence electrons. The van der Waals surface area contributed by atoms with Crippen molar-refractivity contribution in [2.75, 3.05) is 6.61 Å². The zero-order valence-electron chi connectivity index (χ0n) is 14.3. The Labute approximate surface area is 136 Å². The molecule has 0 saturated carbocycles. The van der Waals surface area contributed by atoms with E-state index in [1.165, 1.54) is 51.4 Å². The summed E-state index contributed by atoms with van der Waals surface area (Å²) in [6.07, 6.45) is 13.4. The average Bonchev–Trinajstić information content (AvgIpc) is 2.52. The number of aliphatic hydroxyl groups is 3. The number of hydrogen-bond acceptors (Lipinski definition) is 4. The molecule has 1 rings (SSSR count). The first-order chi connectivity index (χ1) is 10.6. The number of rotatable bonds is 12. The van der Waals surface area contributed by atoms with E-state index in [-0.39, 0.29) is 18.8 Å². The van der Waals surface area contributed by atoms with Crippen molar-refractivity contribution in [2.24, 2.45) is 0 Å². The summed E-state index contributed by atoms with van der Waals surface area (Å²) in [6.45, 7) is 1.98. The van der Waals surface area contributed by atoms with Crippen LogP contribution in [0.2, 0.25) is 0 Å². The maximum atomic E-state index is 9.68. The van der Waals surface area contributed by atoms with Gasteiger partial charge in [-0.25, -0.2) is 0 Å². The maximum Gasteiger partial charge on any atom is 0.0770 e. The summed E-state index contributed by atoms with van der Waals surface area (Å²) in [6, 6.07) is 0.861. The van der Waals surface area contributed by atoms with E-state index in [4.69, 9.17) is 5.11 Å². The first kappa shape index (κ1) is 19.9. The summed E-state index contributed by atoms with van der Waals surface area (Å²) in [7, 11) is 0. The zero-order chi connectivity index (χ0) is 16.2. The molecule has 22 heavy (non-hydrogen) atoms. The second-order valence-electron chi connectivity index (χ2n) is 7.04. The molecule has 0 aromatic rings. The highest BCUT2D eigenvalue weighted by atomic mass is 16.3. The van der Waals surface area contributed by atoms with Crippen LogP contribution in [0.15, 0.2) is 0 Å². The smallest absolute Gasteiger partial charge is 0.0770 e. The summed E-state index contributed by atoms with van der Waals surface area (Å²) in [5.41, 5.74) is 0. The van der Waals surface area contributed by atoms with Gasteiger partial charge in [0.2, 0.25) is 0 Å². The van der Waals surface area contributed by atoms with E-state index in [1.54, 1.807) is 0 Å². The molecule has 0 radical (unpaired) electrons. The van der Waals surface area contributed by atoms with Crippen molar-refractivity contribution < 1.29 is 15.3 Å². The lowest BCUT2D eigenvalue weighted by Gasteiger charge is -2.32. The number of unbranched alkanes of at least 4 members (excludes halogenated alkanes) is 7. The van der Waals surface area contributed by atoms with Crippen molar-refractivity contribution >= 4 is 0 Å². The fourth-order valence-electron chi connectivity index (χ4n) is 3.34. The molecule has 0 aliphatic carbocycles. The monoisotopic (exact) mass is 315 g/mol. The lowest BCUT2D eigenvalue weighted by molar-refractivity contribution is 0.0849.